The molecule has 1 aromatic heterocycles. The standard InChI is InChI=1S/C11H18ClN3O/c1-16-8-7-15(6-2-5-13)11-4-3-10(12)9-14-11/h3-4,9H,2,5-8,13H2,1H3. The third kappa shape index (κ3) is 4.35. The van der Waals surface area contributed by atoms with E-state index in [9.17, 15) is 0 Å². The normalized spacial score (nSPS) is 10.4. The molecular formula is C11H18ClN3O. The summed E-state index contributed by atoms with van der Waals surface area (Å²) in [6, 6.07) is 3.75. The van der Waals surface area contributed by atoms with Crippen molar-refractivity contribution in [3.63, 3.8) is 0 Å². The first-order chi connectivity index (χ1) is 7.77. The quantitative estimate of drug-likeness (QED) is 0.789. The average Bonchev–Trinajstić information content (AvgIpc) is 2.31. The van der Waals surface area contributed by atoms with Crippen molar-refractivity contribution in [3.8, 4) is 0 Å². The van der Waals surface area contributed by atoms with Crippen LogP contribution in [0.2, 0.25) is 5.02 Å². The number of hydrogen-bond acceptors (Lipinski definition) is 4. The minimum absolute atomic E-state index is 0.647. The Bertz CT molecular complexity index is 284. The van der Waals surface area contributed by atoms with Crippen LogP contribution in [0.1, 0.15) is 6.42 Å². The maximum Gasteiger partial charge on any atom is 0.128 e. The van der Waals surface area contributed by atoms with Gasteiger partial charge < -0.3 is 15.4 Å². The van der Waals surface area contributed by atoms with E-state index in [0.29, 0.717) is 18.2 Å². The second-order valence-corrected chi connectivity index (χ2v) is 3.89. The maximum absolute atomic E-state index is 5.80. The van der Waals surface area contributed by atoms with E-state index < -0.39 is 0 Å². The summed E-state index contributed by atoms with van der Waals surface area (Å²) in [5, 5.41) is 0.647. The molecule has 0 saturated carbocycles. The van der Waals surface area contributed by atoms with Crippen LogP contribution >= 0.6 is 11.6 Å². The van der Waals surface area contributed by atoms with E-state index in [-0.39, 0.29) is 0 Å². The predicted octanol–water partition coefficient (Wildman–Crippen LogP) is 1.54. The lowest BCUT2D eigenvalue weighted by Crippen LogP contribution is -2.30. The predicted molar refractivity (Wildman–Crippen MR) is 67.0 cm³/mol. The largest absolute Gasteiger partial charge is 0.383 e. The molecule has 0 bridgehead atoms. The van der Waals surface area contributed by atoms with Crippen LogP contribution < -0.4 is 10.6 Å². The maximum atomic E-state index is 5.80. The molecule has 1 heterocycles. The van der Waals surface area contributed by atoms with Gasteiger partial charge >= 0.3 is 0 Å². The van der Waals surface area contributed by atoms with Crippen LogP contribution in [0, 0.1) is 0 Å². The number of anilines is 1. The van der Waals surface area contributed by atoms with E-state index in [2.05, 4.69) is 9.88 Å². The SMILES string of the molecule is COCCN(CCCN)c1ccc(Cl)cn1. The Balaban J connectivity index is 2.62. The van der Waals surface area contributed by atoms with Gasteiger partial charge in [-0.3, -0.25) is 0 Å². The van der Waals surface area contributed by atoms with E-state index in [0.717, 1.165) is 25.3 Å². The van der Waals surface area contributed by atoms with Crippen molar-refractivity contribution in [3.05, 3.63) is 23.4 Å². The number of halogens is 1. The Hall–Kier alpha value is -0.840. The second-order valence-electron chi connectivity index (χ2n) is 3.46. The van der Waals surface area contributed by atoms with E-state index in [1.54, 1.807) is 13.3 Å². The van der Waals surface area contributed by atoms with Crippen molar-refractivity contribution in [2.75, 3.05) is 38.3 Å². The molecule has 0 spiro atoms. The summed E-state index contributed by atoms with van der Waals surface area (Å²) in [6.07, 6.45) is 2.59. The molecular weight excluding hydrogens is 226 g/mol. The monoisotopic (exact) mass is 243 g/mol. The summed E-state index contributed by atoms with van der Waals surface area (Å²) in [5.41, 5.74) is 5.51. The topological polar surface area (TPSA) is 51.4 Å². The molecule has 0 radical (unpaired) electrons. The van der Waals surface area contributed by atoms with Gasteiger partial charge in [0, 0.05) is 26.4 Å². The van der Waals surface area contributed by atoms with Gasteiger partial charge in [-0.15, -0.1) is 0 Å². The van der Waals surface area contributed by atoms with Crippen LogP contribution in [-0.4, -0.2) is 38.3 Å². The number of hydrogen-bond donors (Lipinski definition) is 1. The summed E-state index contributed by atoms with van der Waals surface area (Å²) in [4.78, 5) is 6.43. The van der Waals surface area contributed by atoms with Gasteiger partial charge in [0.1, 0.15) is 5.82 Å². The zero-order chi connectivity index (χ0) is 11.8. The van der Waals surface area contributed by atoms with Gasteiger partial charge in [-0.2, -0.15) is 0 Å². The zero-order valence-corrected chi connectivity index (χ0v) is 10.3. The van der Waals surface area contributed by atoms with Gasteiger partial charge in [-0.1, -0.05) is 11.6 Å². The first-order valence-corrected chi connectivity index (χ1v) is 5.71. The smallest absolute Gasteiger partial charge is 0.128 e. The first-order valence-electron chi connectivity index (χ1n) is 5.33. The molecule has 0 fully saturated rings. The Morgan fingerprint density at radius 2 is 2.25 bits per heavy atom. The van der Waals surface area contributed by atoms with Crippen molar-refractivity contribution in [1.29, 1.82) is 0 Å². The van der Waals surface area contributed by atoms with Crippen molar-refractivity contribution < 1.29 is 4.74 Å². The molecule has 1 aromatic rings. The van der Waals surface area contributed by atoms with E-state index >= 15 is 0 Å². The molecule has 0 atom stereocenters. The summed E-state index contributed by atoms with van der Waals surface area (Å²) in [7, 11) is 1.69. The molecule has 0 aromatic carbocycles. The van der Waals surface area contributed by atoms with Gasteiger partial charge in [0.2, 0.25) is 0 Å². The molecule has 0 unspecified atom stereocenters. The molecule has 16 heavy (non-hydrogen) atoms. The number of methoxy groups -OCH3 is 1. The minimum atomic E-state index is 0.647. The third-order valence-corrected chi connectivity index (χ3v) is 2.46. The number of nitrogens with zero attached hydrogens (tertiary/aromatic N) is 2. The van der Waals surface area contributed by atoms with Crippen LogP contribution in [0.25, 0.3) is 0 Å². The van der Waals surface area contributed by atoms with Crippen LogP contribution in [-0.2, 0) is 4.74 Å². The van der Waals surface area contributed by atoms with Crippen molar-refractivity contribution in [2.45, 2.75) is 6.42 Å². The Morgan fingerprint density at radius 1 is 1.44 bits per heavy atom. The van der Waals surface area contributed by atoms with E-state index in [1.165, 1.54) is 0 Å². The molecule has 90 valence electrons. The Morgan fingerprint density at radius 3 is 2.81 bits per heavy atom. The highest BCUT2D eigenvalue weighted by atomic mass is 35.5. The third-order valence-electron chi connectivity index (χ3n) is 2.23. The molecule has 1 rings (SSSR count). The molecule has 0 aliphatic rings. The zero-order valence-electron chi connectivity index (χ0n) is 9.53. The summed E-state index contributed by atoms with van der Waals surface area (Å²) in [6.45, 7) is 3.05. The fourth-order valence-electron chi connectivity index (χ4n) is 1.38. The van der Waals surface area contributed by atoms with Crippen molar-refractivity contribution in [2.24, 2.45) is 5.73 Å². The molecule has 0 saturated heterocycles. The van der Waals surface area contributed by atoms with Gasteiger partial charge in [0.15, 0.2) is 0 Å². The van der Waals surface area contributed by atoms with Crippen molar-refractivity contribution in [1.82, 2.24) is 4.98 Å². The molecule has 2 N–H and O–H groups in total. The molecule has 5 heteroatoms. The molecule has 0 aliphatic carbocycles. The number of aromatic nitrogens is 1. The summed E-state index contributed by atoms with van der Waals surface area (Å²) in [5.74, 6) is 0.912. The fourth-order valence-corrected chi connectivity index (χ4v) is 1.49. The lowest BCUT2D eigenvalue weighted by Gasteiger charge is -2.23. The van der Waals surface area contributed by atoms with E-state index in [1.807, 2.05) is 12.1 Å². The minimum Gasteiger partial charge on any atom is -0.383 e. The molecule has 0 aliphatic heterocycles. The van der Waals surface area contributed by atoms with Crippen LogP contribution in [0.5, 0.6) is 0 Å². The number of nitrogens with two attached hydrogens (primary N) is 1. The summed E-state index contributed by atoms with van der Waals surface area (Å²) >= 11 is 5.80. The highest BCUT2D eigenvalue weighted by Gasteiger charge is 2.06. The van der Waals surface area contributed by atoms with E-state index in [4.69, 9.17) is 22.1 Å². The Labute approximate surface area is 101 Å². The second kappa shape index (κ2) is 7.44. The van der Waals surface area contributed by atoms with Crippen molar-refractivity contribution >= 4 is 17.4 Å². The van der Waals surface area contributed by atoms with Crippen LogP contribution in [0.4, 0.5) is 5.82 Å². The molecule has 0 amide bonds. The fraction of sp³-hybridized carbons (Fsp3) is 0.545. The number of rotatable bonds is 7. The van der Waals surface area contributed by atoms with Gasteiger partial charge in [0.05, 0.1) is 11.6 Å². The lowest BCUT2D eigenvalue weighted by molar-refractivity contribution is 0.205. The Kier molecular flexibility index (Phi) is 6.15. The number of pyridine rings is 1. The van der Waals surface area contributed by atoms with Gasteiger partial charge in [-0.25, -0.2) is 4.98 Å². The van der Waals surface area contributed by atoms with Crippen LogP contribution in [0.15, 0.2) is 18.3 Å². The average molecular weight is 244 g/mol. The number of ether oxygens (including phenoxy) is 1. The molecule has 4 nitrogen and oxygen atoms in total. The van der Waals surface area contributed by atoms with Gasteiger partial charge in [0.25, 0.3) is 0 Å². The highest BCUT2D eigenvalue weighted by molar-refractivity contribution is 6.30. The first kappa shape index (κ1) is 13.2. The van der Waals surface area contributed by atoms with Crippen LogP contribution in [0.3, 0.4) is 0 Å². The van der Waals surface area contributed by atoms with Gasteiger partial charge in [-0.05, 0) is 25.1 Å². The lowest BCUT2D eigenvalue weighted by atomic mass is 10.3. The highest BCUT2D eigenvalue weighted by Crippen LogP contribution is 2.14. The summed E-state index contributed by atoms with van der Waals surface area (Å²) < 4.78 is 5.07.